The van der Waals surface area contributed by atoms with E-state index < -0.39 is 0 Å². The van der Waals surface area contributed by atoms with Gasteiger partial charge in [-0.05, 0) is 36.9 Å². The van der Waals surface area contributed by atoms with E-state index in [1.807, 2.05) is 18.0 Å². The first-order chi connectivity index (χ1) is 9.25. The third kappa shape index (κ3) is 2.52. The summed E-state index contributed by atoms with van der Waals surface area (Å²) in [6.45, 7) is 1.94. The van der Waals surface area contributed by atoms with Crippen molar-refractivity contribution < 1.29 is 4.79 Å². The lowest BCUT2D eigenvalue weighted by Gasteiger charge is -2.34. The molecule has 0 radical (unpaired) electrons. The predicted molar refractivity (Wildman–Crippen MR) is 76.2 cm³/mol. The van der Waals surface area contributed by atoms with Gasteiger partial charge in [0.25, 0.3) is 0 Å². The zero-order chi connectivity index (χ0) is 13.2. The van der Waals surface area contributed by atoms with E-state index in [0.717, 1.165) is 19.5 Å². The molecule has 1 aliphatic carbocycles. The molecule has 0 aromatic heterocycles. The van der Waals surface area contributed by atoms with Crippen LogP contribution in [0.1, 0.15) is 36.3 Å². The fourth-order valence-electron chi connectivity index (χ4n) is 3.25. The molecule has 3 heteroatoms. The first-order valence-electron chi connectivity index (χ1n) is 7.32. The smallest absolute Gasteiger partial charge is 0.230 e. The second kappa shape index (κ2) is 5.33. The second-order valence-corrected chi connectivity index (χ2v) is 5.82. The summed E-state index contributed by atoms with van der Waals surface area (Å²) >= 11 is 0. The number of amides is 1. The molecule has 1 aromatic rings. The van der Waals surface area contributed by atoms with Gasteiger partial charge in [-0.1, -0.05) is 30.7 Å². The molecule has 19 heavy (non-hydrogen) atoms. The Balaban J connectivity index is 1.59. The number of nitrogens with one attached hydrogen (secondary N) is 1. The van der Waals surface area contributed by atoms with E-state index in [1.165, 1.54) is 30.4 Å². The number of likely N-dealkylation sites (N-methyl/N-ethyl adjacent to an activating group) is 1. The number of hydrogen-bond acceptors (Lipinski definition) is 2. The minimum Gasteiger partial charge on any atom is -0.344 e. The minimum atomic E-state index is 0.102. The molecule has 0 spiro atoms. The molecule has 1 fully saturated rings. The summed E-state index contributed by atoms with van der Waals surface area (Å²) in [6, 6.07) is 8.78. The molecule has 1 saturated heterocycles. The number of piperidine rings is 1. The van der Waals surface area contributed by atoms with Crippen molar-refractivity contribution in [3.8, 4) is 0 Å². The molecule has 102 valence electrons. The van der Waals surface area contributed by atoms with Crippen molar-refractivity contribution in [2.45, 2.75) is 37.6 Å². The summed E-state index contributed by atoms with van der Waals surface area (Å²) in [7, 11) is 1.94. The fourth-order valence-corrected chi connectivity index (χ4v) is 3.25. The largest absolute Gasteiger partial charge is 0.344 e. The lowest BCUT2D eigenvalue weighted by Crippen LogP contribution is -2.46. The summed E-state index contributed by atoms with van der Waals surface area (Å²) in [6.07, 6.45) is 4.66. The van der Waals surface area contributed by atoms with Crippen LogP contribution in [0.2, 0.25) is 0 Å². The van der Waals surface area contributed by atoms with Gasteiger partial charge in [0.15, 0.2) is 0 Å². The van der Waals surface area contributed by atoms with Crippen LogP contribution < -0.4 is 5.32 Å². The van der Waals surface area contributed by atoms with E-state index in [-0.39, 0.29) is 11.8 Å². The van der Waals surface area contributed by atoms with Gasteiger partial charge in [-0.3, -0.25) is 4.79 Å². The molecule has 1 amide bonds. The van der Waals surface area contributed by atoms with Crippen LogP contribution in [-0.2, 0) is 11.2 Å². The van der Waals surface area contributed by atoms with Crippen LogP contribution in [0.25, 0.3) is 0 Å². The first-order valence-corrected chi connectivity index (χ1v) is 7.32. The third-order valence-corrected chi connectivity index (χ3v) is 4.44. The van der Waals surface area contributed by atoms with Gasteiger partial charge in [0, 0.05) is 19.6 Å². The molecule has 2 aliphatic rings. The number of nitrogens with zero attached hydrogens (tertiary/aromatic N) is 1. The van der Waals surface area contributed by atoms with Crippen LogP contribution in [0, 0.1) is 0 Å². The van der Waals surface area contributed by atoms with Crippen molar-refractivity contribution in [2.75, 3.05) is 20.1 Å². The van der Waals surface area contributed by atoms with Gasteiger partial charge >= 0.3 is 0 Å². The lowest BCUT2D eigenvalue weighted by atomic mass is 9.77. The number of carbonyl (C=O) groups excluding carboxylic acids is 1. The molecule has 1 N–H and O–H groups in total. The molecule has 1 heterocycles. The van der Waals surface area contributed by atoms with Crippen molar-refractivity contribution in [1.82, 2.24) is 10.2 Å². The van der Waals surface area contributed by atoms with Crippen LogP contribution in [0.5, 0.6) is 0 Å². The Hall–Kier alpha value is -1.35. The molecule has 1 aliphatic heterocycles. The van der Waals surface area contributed by atoms with Crippen LogP contribution in [0.3, 0.4) is 0 Å². The Morgan fingerprint density at radius 2 is 2.21 bits per heavy atom. The van der Waals surface area contributed by atoms with Gasteiger partial charge in [0.1, 0.15) is 0 Å². The van der Waals surface area contributed by atoms with Crippen LogP contribution >= 0.6 is 0 Å². The highest BCUT2D eigenvalue weighted by atomic mass is 16.2. The number of fused-ring (bicyclic) bond motifs is 1. The van der Waals surface area contributed by atoms with Crippen LogP contribution in [0.4, 0.5) is 0 Å². The van der Waals surface area contributed by atoms with Crippen molar-refractivity contribution in [3.63, 3.8) is 0 Å². The highest BCUT2D eigenvalue weighted by molar-refractivity contribution is 5.86. The summed E-state index contributed by atoms with van der Waals surface area (Å²) in [4.78, 5) is 14.4. The minimum absolute atomic E-state index is 0.102. The zero-order valence-electron chi connectivity index (χ0n) is 11.6. The van der Waals surface area contributed by atoms with Gasteiger partial charge in [-0.2, -0.15) is 0 Å². The third-order valence-electron chi connectivity index (χ3n) is 4.44. The molecular formula is C16H22N2O. The van der Waals surface area contributed by atoms with E-state index in [4.69, 9.17) is 0 Å². The van der Waals surface area contributed by atoms with E-state index in [2.05, 4.69) is 23.5 Å². The summed E-state index contributed by atoms with van der Waals surface area (Å²) < 4.78 is 0. The highest BCUT2D eigenvalue weighted by Crippen LogP contribution is 2.35. The summed E-state index contributed by atoms with van der Waals surface area (Å²) in [5.74, 6) is 0.385. The number of hydrogen-bond donors (Lipinski definition) is 1. The van der Waals surface area contributed by atoms with Gasteiger partial charge in [-0.25, -0.2) is 0 Å². The molecule has 2 unspecified atom stereocenters. The van der Waals surface area contributed by atoms with E-state index >= 15 is 0 Å². The molecule has 1 aromatic carbocycles. The van der Waals surface area contributed by atoms with E-state index in [1.54, 1.807) is 0 Å². The maximum absolute atomic E-state index is 12.5. The van der Waals surface area contributed by atoms with E-state index in [0.29, 0.717) is 6.04 Å². The van der Waals surface area contributed by atoms with Crippen molar-refractivity contribution in [2.24, 2.45) is 0 Å². The number of rotatable bonds is 3. The maximum Gasteiger partial charge on any atom is 0.230 e. The quantitative estimate of drug-likeness (QED) is 0.898. The summed E-state index contributed by atoms with van der Waals surface area (Å²) in [5.41, 5.74) is 2.57. The SMILES string of the molecule is CN(CC1CCCCN1)C(=O)C1Cc2ccccc21. The molecular weight excluding hydrogens is 236 g/mol. The zero-order valence-corrected chi connectivity index (χ0v) is 11.6. The summed E-state index contributed by atoms with van der Waals surface area (Å²) in [5, 5.41) is 3.51. The van der Waals surface area contributed by atoms with Gasteiger partial charge in [0.2, 0.25) is 5.91 Å². The molecule has 3 rings (SSSR count). The van der Waals surface area contributed by atoms with Gasteiger partial charge in [0.05, 0.1) is 5.92 Å². The second-order valence-electron chi connectivity index (χ2n) is 5.82. The Labute approximate surface area is 115 Å². The van der Waals surface area contributed by atoms with Crippen LogP contribution in [-0.4, -0.2) is 37.0 Å². The monoisotopic (exact) mass is 258 g/mol. The normalized spacial score (nSPS) is 25.3. The standard InChI is InChI=1S/C16H22N2O/c1-18(11-13-7-4-5-9-17-13)16(19)15-10-12-6-2-3-8-14(12)15/h2-3,6,8,13,15,17H,4-5,7,9-11H2,1H3. The topological polar surface area (TPSA) is 32.3 Å². The Morgan fingerprint density at radius 1 is 1.37 bits per heavy atom. The van der Waals surface area contributed by atoms with Gasteiger partial charge in [-0.15, -0.1) is 0 Å². The van der Waals surface area contributed by atoms with Crippen LogP contribution in [0.15, 0.2) is 24.3 Å². The first kappa shape index (κ1) is 12.7. The van der Waals surface area contributed by atoms with E-state index in [9.17, 15) is 4.79 Å². The van der Waals surface area contributed by atoms with Crippen molar-refractivity contribution in [3.05, 3.63) is 35.4 Å². The Kier molecular flexibility index (Phi) is 3.56. The Morgan fingerprint density at radius 3 is 2.95 bits per heavy atom. The Bertz CT molecular complexity index is 466. The number of benzene rings is 1. The highest BCUT2D eigenvalue weighted by Gasteiger charge is 2.34. The average molecular weight is 258 g/mol. The molecule has 0 bridgehead atoms. The predicted octanol–water partition coefficient (Wildman–Crippen LogP) is 1.93. The lowest BCUT2D eigenvalue weighted by molar-refractivity contribution is -0.132. The maximum atomic E-state index is 12.5. The van der Waals surface area contributed by atoms with Gasteiger partial charge < -0.3 is 10.2 Å². The van der Waals surface area contributed by atoms with Crippen molar-refractivity contribution in [1.29, 1.82) is 0 Å². The molecule has 3 nitrogen and oxygen atoms in total. The fraction of sp³-hybridized carbons (Fsp3) is 0.562. The molecule has 2 atom stereocenters. The van der Waals surface area contributed by atoms with Crippen molar-refractivity contribution >= 4 is 5.91 Å². The number of carbonyl (C=O) groups is 1. The molecule has 0 saturated carbocycles. The average Bonchev–Trinajstić information content (AvgIpc) is 2.41.